The Morgan fingerprint density at radius 3 is 2.72 bits per heavy atom. The number of rotatable bonds is 5. The summed E-state index contributed by atoms with van der Waals surface area (Å²) in [6.07, 6.45) is 0.169. The molecule has 1 unspecified atom stereocenters. The Bertz CT molecular complexity index is 418. The third-order valence-corrected chi connectivity index (χ3v) is 2.92. The predicted molar refractivity (Wildman–Crippen MR) is 74.0 cm³/mol. The average Bonchev–Trinajstić information content (AvgIpc) is 2.28. The van der Waals surface area contributed by atoms with Gasteiger partial charge in [0.15, 0.2) is 0 Å². The van der Waals surface area contributed by atoms with Gasteiger partial charge in [-0.3, -0.25) is 4.79 Å². The van der Waals surface area contributed by atoms with Gasteiger partial charge < -0.3 is 10.4 Å². The summed E-state index contributed by atoms with van der Waals surface area (Å²) in [5, 5.41) is 13.0. The van der Waals surface area contributed by atoms with Gasteiger partial charge in [0.1, 0.15) is 0 Å². The minimum Gasteiger partial charge on any atom is -0.391 e. The Morgan fingerprint density at radius 1 is 1.44 bits per heavy atom. The maximum atomic E-state index is 11.9. The molecular weight excluding hydrogens is 250 g/mol. The standard InChI is InChI=1S/C14H20ClNO2/c1-9(2)6-12(17)8-16-14(18)13-7-11(15)5-4-10(13)3/h4-5,7,9,12,17H,6,8H2,1-3H3,(H,16,18). The van der Waals surface area contributed by atoms with E-state index in [1.165, 1.54) is 0 Å². The van der Waals surface area contributed by atoms with E-state index in [0.717, 1.165) is 5.56 Å². The second-order valence-corrected chi connectivity index (χ2v) is 5.39. The minimum atomic E-state index is -0.506. The molecule has 100 valence electrons. The SMILES string of the molecule is Cc1ccc(Cl)cc1C(=O)NCC(O)CC(C)C. The van der Waals surface area contributed by atoms with Gasteiger partial charge in [0.05, 0.1) is 6.10 Å². The molecule has 0 saturated heterocycles. The zero-order valence-electron chi connectivity index (χ0n) is 11.0. The molecule has 1 rings (SSSR count). The van der Waals surface area contributed by atoms with Gasteiger partial charge in [-0.25, -0.2) is 0 Å². The summed E-state index contributed by atoms with van der Waals surface area (Å²) in [5.74, 6) is 0.211. The fourth-order valence-electron chi connectivity index (χ4n) is 1.77. The summed E-state index contributed by atoms with van der Waals surface area (Å²) in [5.41, 5.74) is 1.43. The lowest BCUT2D eigenvalue weighted by Gasteiger charge is -2.14. The van der Waals surface area contributed by atoms with Crippen molar-refractivity contribution < 1.29 is 9.90 Å². The summed E-state index contributed by atoms with van der Waals surface area (Å²) >= 11 is 5.86. The molecule has 0 aliphatic rings. The minimum absolute atomic E-state index is 0.196. The van der Waals surface area contributed by atoms with Crippen molar-refractivity contribution >= 4 is 17.5 Å². The molecular formula is C14H20ClNO2. The summed E-state index contributed by atoms with van der Waals surface area (Å²) in [4.78, 5) is 11.9. The molecule has 0 spiro atoms. The zero-order valence-corrected chi connectivity index (χ0v) is 11.8. The van der Waals surface area contributed by atoms with E-state index in [-0.39, 0.29) is 12.5 Å². The van der Waals surface area contributed by atoms with Crippen molar-refractivity contribution in [1.29, 1.82) is 0 Å². The number of nitrogens with one attached hydrogen (secondary N) is 1. The first kappa shape index (κ1) is 15.0. The van der Waals surface area contributed by atoms with E-state index >= 15 is 0 Å². The predicted octanol–water partition coefficient (Wildman–Crippen LogP) is 2.79. The van der Waals surface area contributed by atoms with Crippen LogP contribution in [0.25, 0.3) is 0 Å². The normalized spacial score (nSPS) is 12.6. The molecule has 1 aromatic carbocycles. The summed E-state index contributed by atoms with van der Waals surface area (Å²) in [7, 11) is 0. The third-order valence-electron chi connectivity index (χ3n) is 2.69. The highest BCUT2D eigenvalue weighted by atomic mass is 35.5. The van der Waals surface area contributed by atoms with Crippen LogP contribution < -0.4 is 5.32 Å². The van der Waals surface area contributed by atoms with Crippen LogP contribution in [0.5, 0.6) is 0 Å². The van der Waals surface area contributed by atoms with Crippen molar-refractivity contribution in [2.24, 2.45) is 5.92 Å². The Kier molecular flexibility index (Phi) is 5.63. The quantitative estimate of drug-likeness (QED) is 0.864. The lowest BCUT2D eigenvalue weighted by molar-refractivity contribution is 0.0899. The van der Waals surface area contributed by atoms with Crippen LogP contribution in [0.1, 0.15) is 36.2 Å². The summed E-state index contributed by atoms with van der Waals surface area (Å²) in [6.45, 7) is 6.19. The average molecular weight is 270 g/mol. The Morgan fingerprint density at radius 2 is 2.11 bits per heavy atom. The van der Waals surface area contributed by atoms with Crippen LogP contribution in [0.4, 0.5) is 0 Å². The van der Waals surface area contributed by atoms with Crippen molar-refractivity contribution in [3.05, 3.63) is 34.3 Å². The first-order valence-electron chi connectivity index (χ1n) is 6.12. The first-order valence-corrected chi connectivity index (χ1v) is 6.50. The van der Waals surface area contributed by atoms with Crippen molar-refractivity contribution in [2.75, 3.05) is 6.54 Å². The lowest BCUT2D eigenvalue weighted by atomic mass is 10.1. The molecule has 2 N–H and O–H groups in total. The van der Waals surface area contributed by atoms with Crippen LogP contribution in [0.3, 0.4) is 0 Å². The maximum Gasteiger partial charge on any atom is 0.251 e. The number of carbonyl (C=O) groups excluding carboxylic acids is 1. The van der Waals surface area contributed by atoms with Gasteiger partial charge in [-0.15, -0.1) is 0 Å². The number of hydrogen-bond acceptors (Lipinski definition) is 2. The maximum absolute atomic E-state index is 11.9. The van der Waals surface area contributed by atoms with Crippen LogP contribution in [-0.4, -0.2) is 23.7 Å². The molecule has 1 atom stereocenters. The van der Waals surface area contributed by atoms with Crippen molar-refractivity contribution in [3.8, 4) is 0 Å². The third kappa shape index (κ3) is 4.67. The van der Waals surface area contributed by atoms with Gasteiger partial charge >= 0.3 is 0 Å². The summed E-state index contributed by atoms with van der Waals surface area (Å²) < 4.78 is 0. The van der Waals surface area contributed by atoms with Crippen molar-refractivity contribution in [2.45, 2.75) is 33.3 Å². The summed E-state index contributed by atoms with van der Waals surface area (Å²) in [6, 6.07) is 5.20. The number of carbonyl (C=O) groups is 1. The van der Waals surface area contributed by atoms with E-state index in [1.54, 1.807) is 12.1 Å². The molecule has 0 radical (unpaired) electrons. The van der Waals surface area contributed by atoms with Gasteiger partial charge in [-0.05, 0) is 37.0 Å². The molecule has 0 heterocycles. The highest BCUT2D eigenvalue weighted by Crippen LogP contribution is 2.15. The van der Waals surface area contributed by atoms with Crippen LogP contribution in [0.15, 0.2) is 18.2 Å². The fourth-order valence-corrected chi connectivity index (χ4v) is 1.94. The monoisotopic (exact) mass is 269 g/mol. The van der Waals surface area contributed by atoms with E-state index in [4.69, 9.17) is 11.6 Å². The fraction of sp³-hybridized carbons (Fsp3) is 0.500. The number of halogens is 1. The number of amides is 1. The smallest absolute Gasteiger partial charge is 0.251 e. The van der Waals surface area contributed by atoms with E-state index in [2.05, 4.69) is 5.32 Å². The van der Waals surface area contributed by atoms with E-state index in [1.807, 2.05) is 26.8 Å². The molecule has 0 aliphatic heterocycles. The van der Waals surface area contributed by atoms with Crippen molar-refractivity contribution in [3.63, 3.8) is 0 Å². The van der Waals surface area contributed by atoms with Gasteiger partial charge in [0, 0.05) is 17.1 Å². The number of aryl methyl sites for hydroxylation is 1. The van der Waals surface area contributed by atoms with Crippen LogP contribution in [-0.2, 0) is 0 Å². The number of aliphatic hydroxyl groups excluding tert-OH is 1. The second kappa shape index (κ2) is 6.76. The molecule has 3 nitrogen and oxygen atoms in total. The molecule has 4 heteroatoms. The Hall–Kier alpha value is -1.06. The molecule has 1 amide bonds. The zero-order chi connectivity index (χ0) is 13.7. The topological polar surface area (TPSA) is 49.3 Å². The van der Waals surface area contributed by atoms with Crippen LogP contribution in [0, 0.1) is 12.8 Å². The van der Waals surface area contributed by atoms with Gasteiger partial charge in [-0.1, -0.05) is 31.5 Å². The number of benzene rings is 1. The molecule has 1 aromatic rings. The van der Waals surface area contributed by atoms with Crippen molar-refractivity contribution in [1.82, 2.24) is 5.32 Å². The lowest BCUT2D eigenvalue weighted by Crippen LogP contribution is -2.33. The molecule has 0 aromatic heterocycles. The number of hydrogen-bond donors (Lipinski definition) is 2. The molecule has 0 bridgehead atoms. The highest BCUT2D eigenvalue weighted by Gasteiger charge is 2.12. The largest absolute Gasteiger partial charge is 0.391 e. The van der Waals surface area contributed by atoms with Crippen LogP contribution >= 0.6 is 11.6 Å². The van der Waals surface area contributed by atoms with Gasteiger partial charge in [-0.2, -0.15) is 0 Å². The highest BCUT2D eigenvalue weighted by molar-refractivity contribution is 6.31. The molecule has 0 aliphatic carbocycles. The van der Waals surface area contributed by atoms with E-state index in [9.17, 15) is 9.90 Å². The molecule has 18 heavy (non-hydrogen) atoms. The Labute approximate surface area is 113 Å². The van der Waals surface area contributed by atoms with Crippen LogP contribution in [0.2, 0.25) is 5.02 Å². The molecule has 0 fully saturated rings. The number of aliphatic hydroxyl groups is 1. The van der Waals surface area contributed by atoms with E-state index < -0.39 is 6.10 Å². The van der Waals surface area contributed by atoms with E-state index in [0.29, 0.717) is 22.9 Å². The van der Waals surface area contributed by atoms with Gasteiger partial charge in [0.25, 0.3) is 5.91 Å². The molecule has 0 saturated carbocycles. The van der Waals surface area contributed by atoms with Gasteiger partial charge in [0.2, 0.25) is 0 Å². The first-order chi connectivity index (χ1) is 8.40. The second-order valence-electron chi connectivity index (χ2n) is 4.95. The Balaban J connectivity index is 2.58.